The third-order valence-electron chi connectivity index (χ3n) is 2.75. The molecule has 1 aromatic carbocycles. The van der Waals surface area contributed by atoms with E-state index in [1.54, 1.807) is 0 Å². The lowest BCUT2D eigenvalue weighted by Crippen LogP contribution is -2.21. The van der Waals surface area contributed by atoms with Gasteiger partial charge in [0, 0.05) is 13.1 Å². The van der Waals surface area contributed by atoms with Crippen molar-refractivity contribution in [3.63, 3.8) is 0 Å². The molecule has 1 heterocycles. The third-order valence-corrected chi connectivity index (χ3v) is 3.26. The molecule has 1 saturated heterocycles. The number of benzene rings is 1. The minimum atomic E-state index is -0.00773. The molecule has 1 N–H and O–H groups in total. The van der Waals surface area contributed by atoms with Crippen molar-refractivity contribution in [3.05, 3.63) is 24.3 Å². The number of para-hydroxylation sites is 2. The molecule has 0 spiro atoms. The van der Waals surface area contributed by atoms with Crippen LogP contribution in [0.4, 0.5) is 11.4 Å². The van der Waals surface area contributed by atoms with Crippen LogP contribution in [0.15, 0.2) is 24.3 Å². The molecule has 0 aliphatic carbocycles. The second-order valence-electron chi connectivity index (χ2n) is 3.89. The number of halogens is 1. The van der Waals surface area contributed by atoms with Gasteiger partial charge in [-0.25, -0.2) is 0 Å². The summed E-state index contributed by atoms with van der Waals surface area (Å²) in [5, 5.41) is 3.24. The average Bonchev–Trinajstić information content (AvgIpc) is 2.83. The summed E-state index contributed by atoms with van der Waals surface area (Å²) in [4.78, 5) is 13.7. The maximum atomic E-state index is 11.4. The SMILES string of the molecule is O=C(CBr)Nc1ccccc1N1CCCC1. The Morgan fingerprint density at radius 1 is 1.31 bits per heavy atom. The van der Waals surface area contributed by atoms with Crippen LogP contribution < -0.4 is 10.2 Å². The van der Waals surface area contributed by atoms with Gasteiger partial charge in [-0.05, 0) is 25.0 Å². The zero-order valence-electron chi connectivity index (χ0n) is 9.08. The number of alkyl halides is 1. The van der Waals surface area contributed by atoms with Gasteiger partial charge in [-0.3, -0.25) is 4.79 Å². The Hall–Kier alpha value is -1.03. The van der Waals surface area contributed by atoms with Crippen LogP contribution in [-0.4, -0.2) is 24.3 Å². The summed E-state index contributed by atoms with van der Waals surface area (Å²) in [5.41, 5.74) is 2.04. The largest absolute Gasteiger partial charge is 0.370 e. The summed E-state index contributed by atoms with van der Waals surface area (Å²) in [5.74, 6) is -0.00773. The monoisotopic (exact) mass is 282 g/mol. The number of nitrogens with one attached hydrogen (secondary N) is 1. The van der Waals surface area contributed by atoms with Gasteiger partial charge in [0.25, 0.3) is 0 Å². The molecule has 86 valence electrons. The van der Waals surface area contributed by atoms with Crippen LogP contribution in [0, 0.1) is 0 Å². The topological polar surface area (TPSA) is 32.3 Å². The Balaban J connectivity index is 2.19. The van der Waals surface area contributed by atoms with Crippen molar-refractivity contribution in [1.29, 1.82) is 0 Å². The Morgan fingerprint density at radius 3 is 2.69 bits per heavy atom. The van der Waals surface area contributed by atoms with Crippen molar-refractivity contribution < 1.29 is 4.79 Å². The van der Waals surface area contributed by atoms with Crippen molar-refractivity contribution >= 4 is 33.2 Å². The molecule has 0 aromatic heterocycles. The molecule has 0 bridgehead atoms. The van der Waals surface area contributed by atoms with E-state index >= 15 is 0 Å². The Bertz CT molecular complexity index is 375. The number of carbonyl (C=O) groups is 1. The van der Waals surface area contributed by atoms with Crippen molar-refractivity contribution in [2.75, 3.05) is 28.6 Å². The van der Waals surface area contributed by atoms with Crippen LogP contribution in [0.2, 0.25) is 0 Å². The molecule has 16 heavy (non-hydrogen) atoms. The van der Waals surface area contributed by atoms with Gasteiger partial charge >= 0.3 is 0 Å². The highest BCUT2D eigenvalue weighted by Gasteiger charge is 2.15. The first kappa shape index (κ1) is 11.5. The lowest BCUT2D eigenvalue weighted by atomic mass is 10.2. The van der Waals surface area contributed by atoms with Crippen molar-refractivity contribution in [3.8, 4) is 0 Å². The molecule has 1 fully saturated rings. The van der Waals surface area contributed by atoms with Crippen molar-refractivity contribution in [1.82, 2.24) is 0 Å². The number of anilines is 2. The number of nitrogens with zero attached hydrogens (tertiary/aromatic N) is 1. The summed E-state index contributed by atoms with van der Waals surface area (Å²) in [7, 11) is 0. The van der Waals surface area contributed by atoms with Crippen LogP contribution in [0.3, 0.4) is 0 Å². The highest BCUT2D eigenvalue weighted by molar-refractivity contribution is 9.09. The Kier molecular flexibility index (Phi) is 3.83. The fraction of sp³-hybridized carbons (Fsp3) is 0.417. The molecule has 0 unspecified atom stereocenters. The van der Waals surface area contributed by atoms with Gasteiger partial charge < -0.3 is 10.2 Å². The first-order chi connectivity index (χ1) is 7.81. The smallest absolute Gasteiger partial charge is 0.235 e. The Morgan fingerprint density at radius 2 is 2.00 bits per heavy atom. The Labute approximate surface area is 104 Å². The van der Waals surface area contributed by atoms with E-state index in [0.29, 0.717) is 5.33 Å². The predicted molar refractivity (Wildman–Crippen MR) is 70.3 cm³/mol. The predicted octanol–water partition coefficient (Wildman–Crippen LogP) is 2.62. The molecule has 0 saturated carbocycles. The van der Waals surface area contributed by atoms with Crippen LogP contribution in [0.25, 0.3) is 0 Å². The van der Waals surface area contributed by atoms with E-state index in [0.717, 1.165) is 24.5 Å². The molecule has 0 atom stereocenters. The number of hydrogen-bond donors (Lipinski definition) is 1. The molecule has 4 heteroatoms. The molecule has 1 aliphatic rings. The van der Waals surface area contributed by atoms with Crippen LogP contribution >= 0.6 is 15.9 Å². The zero-order chi connectivity index (χ0) is 11.4. The molecule has 3 nitrogen and oxygen atoms in total. The molecule has 1 aliphatic heterocycles. The lowest BCUT2D eigenvalue weighted by Gasteiger charge is -2.21. The highest BCUT2D eigenvalue weighted by Crippen LogP contribution is 2.28. The summed E-state index contributed by atoms with van der Waals surface area (Å²) < 4.78 is 0. The maximum absolute atomic E-state index is 11.4. The van der Waals surface area contributed by atoms with E-state index in [4.69, 9.17) is 0 Å². The van der Waals surface area contributed by atoms with Crippen molar-refractivity contribution in [2.24, 2.45) is 0 Å². The summed E-state index contributed by atoms with van der Waals surface area (Å²) in [6.45, 7) is 2.17. The van der Waals surface area contributed by atoms with Crippen LogP contribution in [0.5, 0.6) is 0 Å². The van der Waals surface area contributed by atoms with Gasteiger partial charge in [0.15, 0.2) is 0 Å². The minimum Gasteiger partial charge on any atom is -0.370 e. The third kappa shape index (κ3) is 2.55. The summed E-state index contributed by atoms with van der Waals surface area (Å²) in [6, 6.07) is 7.98. The number of rotatable bonds is 3. The normalized spacial score (nSPS) is 15.2. The van der Waals surface area contributed by atoms with Gasteiger partial charge in [-0.1, -0.05) is 28.1 Å². The number of amides is 1. The molecule has 2 rings (SSSR count). The fourth-order valence-electron chi connectivity index (χ4n) is 2.00. The minimum absolute atomic E-state index is 0.00773. The van der Waals surface area contributed by atoms with E-state index in [1.807, 2.05) is 18.2 Å². The fourth-order valence-corrected chi connectivity index (χ4v) is 2.14. The number of carbonyl (C=O) groups excluding carboxylic acids is 1. The first-order valence-electron chi connectivity index (χ1n) is 5.51. The lowest BCUT2D eigenvalue weighted by molar-refractivity contribution is -0.113. The van der Waals surface area contributed by atoms with Gasteiger partial charge in [0.1, 0.15) is 0 Å². The van der Waals surface area contributed by atoms with Crippen molar-refractivity contribution in [2.45, 2.75) is 12.8 Å². The second kappa shape index (κ2) is 5.34. The van der Waals surface area contributed by atoms with Gasteiger partial charge in [-0.15, -0.1) is 0 Å². The van der Waals surface area contributed by atoms with E-state index in [-0.39, 0.29) is 5.91 Å². The first-order valence-corrected chi connectivity index (χ1v) is 6.63. The highest BCUT2D eigenvalue weighted by atomic mass is 79.9. The quantitative estimate of drug-likeness (QED) is 0.865. The summed E-state index contributed by atoms with van der Waals surface area (Å²) in [6.07, 6.45) is 2.47. The second-order valence-corrected chi connectivity index (χ2v) is 4.45. The molecule has 1 aromatic rings. The molecule has 0 radical (unpaired) electrons. The van der Waals surface area contributed by atoms with Gasteiger partial charge in [0.05, 0.1) is 16.7 Å². The van der Waals surface area contributed by atoms with Gasteiger partial charge in [-0.2, -0.15) is 0 Å². The summed E-state index contributed by atoms with van der Waals surface area (Å²) >= 11 is 3.15. The standard InChI is InChI=1S/C12H15BrN2O/c13-9-12(16)14-10-5-1-2-6-11(10)15-7-3-4-8-15/h1-2,5-6H,3-4,7-9H2,(H,14,16). The zero-order valence-corrected chi connectivity index (χ0v) is 10.7. The molecular weight excluding hydrogens is 268 g/mol. The molecular formula is C12H15BrN2O. The van der Waals surface area contributed by atoms with E-state index < -0.39 is 0 Å². The van der Waals surface area contributed by atoms with E-state index in [1.165, 1.54) is 12.8 Å². The maximum Gasteiger partial charge on any atom is 0.235 e. The van der Waals surface area contributed by atoms with Gasteiger partial charge in [0.2, 0.25) is 5.91 Å². The van der Waals surface area contributed by atoms with E-state index in [9.17, 15) is 4.79 Å². The number of hydrogen-bond acceptors (Lipinski definition) is 2. The molecule has 1 amide bonds. The van der Waals surface area contributed by atoms with Crippen LogP contribution in [0.1, 0.15) is 12.8 Å². The van der Waals surface area contributed by atoms with E-state index in [2.05, 4.69) is 32.2 Å². The van der Waals surface area contributed by atoms with Crippen LogP contribution in [-0.2, 0) is 4.79 Å². The average molecular weight is 283 g/mol.